The zero-order chi connectivity index (χ0) is 14.1. The van der Waals surface area contributed by atoms with E-state index in [1.165, 1.54) is 24.2 Å². The number of anilines is 1. The van der Waals surface area contributed by atoms with Crippen LogP contribution < -0.4 is 11.1 Å². The van der Waals surface area contributed by atoms with Gasteiger partial charge in [-0.25, -0.2) is 9.97 Å². The number of aromatic nitrogens is 2. The highest BCUT2D eigenvalue weighted by atomic mass is 32.1. The first-order valence-corrected chi connectivity index (χ1v) is 7.46. The Bertz CT molecular complexity index is 637. The molecular formula is C13H17N5OS. The molecule has 1 fully saturated rings. The summed E-state index contributed by atoms with van der Waals surface area (Å²) in [5, 5.41) is 2.91. The number of amides is 1. The number of hydrogen-bond acceptors (Lipinski definition) is 6. The van der Waals surface area contributed by atoms with Crippen LogP contribution in [0.2, 0.25) is 0 Å². The van der Waals surface area contributed by atoms with Crippen LogP contribution in [0.1, 0.15) is 22.5 Å². The predicted octanol–water partition coefficient (Wildman–Crippen LogP) is 1.10. The fraction of sp³-hybridized carbons (Fsp3) is 0.462. The first-order valence-electron chi connectivity index (χ1n) is 6.64. The number of hydrogen-bond donors (Lipinski definition) is 2. The summed E-state index contributed by atoms with van der Waals surface area (Å²) in [5.41, 5.74) is 7.00. The minimum atomic E-state index is -0.142. The Morgan fingerprint density at radius 2 is 2.25 bits per heavy atom. The summed E-state index contributed by atoms with van der Waals surface area (Å²) >= 11 is 1.29. The van der Waals surface area contributed by atoms with Crippen LogP contribution in [-0.4, -0.2) is 47.0 Å². The molecule has 0 spiro atoms. The van der Waals surface area contributed by atoms with Crippen molar-refractivity contribution in [1.29, 1.82) is 0 Å². The quantitative estimate of drug-likeness (QED) is 0.861. The van der Waals surface area contributed by atoms with Crippen molar-refractivity contribution in [2.24, 2.45) is 0 Å². The highest BCUT2D eigenvalue weighted by molar-refractivity contribution is 7.21. The summed E-state index contributed by atoms with van der Waals surface area (Å²) in [5.74, 6) is -0.142. The fourth-order valence-corrected chi connectivity index (χ4v) is 3.07. The van der Waals surface area contributed by atoms with Gasteiger partial charge < -0.3 is 16.0 Å². The van der Waals surface area contributed by atoms with Crippen molar-refractivity contribution in [3.8, 4) is 0 Å². The lowest BCUT2D eigenvalue weighted by Gasteiger charge is -2.15. The number of nitrogens with zero attached hydrogens (tertiary/aromatic N) is 3. The number of thiophene rings is 1. The number of rotatable bonds is 5. The Balaban J connectivity index is 1.64. The van der Waals surface area contributed by atoms with E-state index in [-0.39, 0.29) is 5.91 Å². The number of likely N-dealkylation sites (N-methyl/N-ethyl adjacent to an activating group) is 1. The predicted molar refractivity (Wildman–Crippen MR) is 79.8 cm³/mol. The maximum atomic E-state index is 12.1. The average molecular weight is 291 g/mol. The van der Waals surface area contributed by atoms with Crippen molar-refractivity contribution >= 4 is 33.3 Å². The van der Waals surface area contributed by atoms with Gasteiger partial charge in [-0.05, 0) is 19.9 Å². The van der Waals surface area contributed by atoms with Gasteiger partial charge in [0.2, 0.25) is 0 Å². The molecule has 20 heavy (non-hydrogen) atoms. The molecule has 0 unspecified atom stereocenters. The first-order chi connectivity index (χ1) is 9.66. The molecule has 0 atom stereocenters. The lowest BCUT2D eigenvalue weighted by Crippen LogP contribution is -2.33. The molecule has 2 aromatic heterocycles. The Morgan fingerprint density at radius 3 is 2.95 bits per heavy atom. The lowest BCUT2D eigenvalue weighted by atomic mass is 10.3. The Hall–Kier alpha value is -1.73. The normalized spacial score (nSPS) is 14.9. The second-order valence-corrected chi connectivity index (χ2v) is 6.02. The van der Waals surface area contributed by atoms with Crippen LogP contribution in [0.15, 0.2) is 12.4 Å². The van der Waals surface area contributed by atoms with E-state index < -0.39 is 0 Å². The standard InChI is InChI=1S/C13H17N5OS/c1-18(8-2-3-8)7-6-16-12(19)11-9(14)10-13(20-11)17-5-4-15-10/h4-5,8H,2-3,6-7,14H2,1H3,(H,16,19). The Morgan fingerprint density at radius 1 is 1.50 bits per heavy atom. The summed E-state index contributed by atoms with van der Waals surface area (Å²) in [6.07, 6.45) is 5.72. The van der Waals surface area contributed by atoms with Gasteiger partial charge in [-0.3, -0.25) is 4.79 Å². The van der Waals surface area contributed by atoms with Crippen molar-refractivity contribution in [2.75, 3.05) is 25.9 Å². The molecule has 0 aromatic carbocycles. The van der Waals surface area contributed by atoms with E-state index in [0.717, 1.165) is 6.54 Å². The number of carbonyl (C=O) groups is 1. The molecule has 6 nitrogen and oxygen atoms in total. The molecule has 1 amide bonds. The molecule has 3 rings (SSSR count). The molecule has 1 aliphatic rings. The van der Waals surface area contributed by atoms with Gasteiger partial charge in [-0.2, -0.15) is 0 Å². The highest BCUT2D eigenvalue weighted by Crippen LogP contribution is 2.30. The maximum Gasteiger partial charge on any atom is 0.263 e. The largest absolute Gasteiger partial charge is 0.396 e. The van der Waals surface area contributed by atoms with E-state index in [2.05, 4.69) is 27.2 Å². The molecular weight excluding hydrogens is 274 g/mol. The van der Waals surface area contributed by atoms with Crippen molar-refractivity contribution in [2.45, 2.75) is 18.9 Å². The highest BCUT2D eigenvalue weighted by Gasteiger charge is 2.25. The monoisotopic (exact) mass is 291 g/mol. The average Bonchev–Trinajstić information content (AvgIpc) is 3.24. The third-order valence-corrected chi connectivity index (χ3v) is 4.59. The minimum Gasteiger partial charge on any atom is -0.396 e. The fourth-order valence-electron chi connectivity index (χ4n) is 2.14. The molecule has 106 valence electrons. The molecule has 2 aromatic rings. The zero-order valence-electron chi connectivity index (χ0n) is 11.3. The molecule has 0 radical (unpaired) electrons. The topological polar surface area (TPSA) is 84.1 Å². The summed E-state index contributed by atoms with van der Waals surface area (Å²) in [6.45, 7) is 1.48. The third kappa shape index (κ3) is 2.59. The summed E-state index contributed by atoms with van der Waals surface area (Å²) in [6, 6.07) is 0.703. The van der Waals surface area contributed by atoms with Crippen LogP contribution in [0.25, 0.3) is 10.3 Å². The van der Waals surface area contributed by atoms with Crippen LogP contribution in [-0.2, 0) is 0 Å². The van der Waals surface area contributed by atoms with Crippen LogP contribution >= 0.6 is 11.3 Å². The molecule has 2 heterocycles. The zero-order valence-corrected chi connectivity index (χ0v) is 12.1. The number of fused-ring (bicyclic) bond motifs is 1. The summed E-state index contributed by atoms with van der Waals surface area (Å²) < 4.78 is 0. The molecule has 3 N–H and O–H groups in total. The van der Waals surface area contributed by atoms with Crippen molar-refractivity contribution < 1.29 is 4.79 Å². The number of nitrogens with two attached hydrogens (primary N) is 1. The molecule has 0 saturated heterocycles. The number of nitrogens with one attached hydrogen (secondary N) is 1. The molecule has 7 heteroatoms. The van der Waals surface area contributed by atoms with Gasteiger partial charge in [0, 0.05) is 31.5 Å². The smallest absolute Gasteiger partial charge is 0.263 e. The van der Waals surface area contributed by atoms with E-state index in [9.17, 15) is 4.79 Å². The minimum absolute atomic E-state index is 0.142. The Kier molecular flexibility index (Phi) is 3.54. The molecule has 1 saturated carbocycles. The second kappa shape index (κ2) is 5.34. The Labute approximate surface area is 121 Å². The molecule has 0 bridgehead atoms. The number of nitrogen functional groups attached to an aromatic ring is 1. The summed E-state index contributed by atoms with van der Waals surface area (Å²) in [4.78, 5) is 24.0. The van der Waals surface area contributed by atoms with Crippen LogP contribution in [0.5, 0.6) is 0 Å². The van der Waals surface area contributed by atoms with E-state index in [1.807, 2.05) is 0 Å². The second-order valence-electron chi connectivity index (χ2n) is 5.02. The first kappa shape index (κ1) is 13.3. The van der Waals surface area contributed by atoms with E-state index >= 15 is 0 Å². The van der Waals surface area contributed by atoms with Gasteiger partial charge in [-0.15, -0.1) is 11.3 Å². The SMILES string of the molecule is CN(CCNC(=O)c1sc2nccnc2c1N)C1CC1. The maximum absolute atomic E-state index is 12.1. The van der Waals surface area contributed by atoms with E-state index in [0.29, 0.717) is 33.5 Å². The van der Waals surface area contributed by atoms with Gasteiger partial charge in [0.15, 0.2) is 0 Å². The van der Waals surface area contributed by atoms with Crippen molar-refractivity contribution in [3.05, 3.63) is 17.3 Å². The van der Waals surface area contributed by atoms with Gasteiger partial charge >= 0.3 is 0 Å². The van der Waals surface area contributed by atoms with E-state index in [4.69, 9.17) is 5.73 Å². The van der Waals surface area contributed by atoms with Gasteiger partial charge in [0.25, 0.3) is 5.91 Å². The number of carbonyl (C=O) groups excluding carboxylic acids is 1. The van der Waals surface area contributed by atoms with Crippen molar-refractivity contribution in [1.82, 2.24) is 20.2 Å². The van der Waals surface area contributed by atoms with Crippen molar-refractivity contribution in [3.63, 3.8) is 0 Å². The molecule has 1 aliphatic carbocycles. The van der Waals surface area contributed by atoms with Gasteiger partial charge in [0.05, 0.1) is 5.69 Å². The van der Waals surface area contributed by atoms with E-state index in [1.54, 1.807) is 12.4 Å². The van der Waals surface area contributed by atoms with Gasteiger partial charge in [0.1, 0.15) is 15.2 Å². The summed E-state index contributed by atoms with van der Waals surface area (Å²) in [7, 11) is 2.09. The van der Waals surface area contributed by atoms with Crippen LogP contribution in [0, 0.1) is 0 Å². The molecule has 0 aliphatic heterocycles. The third-order valence-electron chi connectivity index (χ3n) is 3.49. The van der Waals surface area contributed by atoms with Gasteiger partial charge in [-0.1, -0.05) is 0 Å². The van der Waals surface area contributed by atoms with Crippen LogP contribution in [0.4, 0.5) is 5.69 Å². The van der Waals surface area contributed by atoms with Crippen LogP contribution in [0.3, 0.4) is 0 Å². The lowest BCUT2D eigenvalue weighted by molar-refractivity contribution is 0.0954.